The highest BCUT2D eigenvalue weighted by Crippen LogP contribution is 2.33. The van der Waals surface area contributed by atoms with Gasteiger partial charge in [0.2, 0.25) is 0 Å². The van der Waals surface area contributed by atoms with Crippen molar-refractivity contribution in [3.05, 3.63) is 23.8 Å². The molecule has 1 aliphatic heterocycles. The van der Waals surface area contributed by atoms with E-state index in [1.165, 1.54) is 27.3 Å². The molecule has 3 rings (SSSR count). The first-order valence-corrected chi connectivity index (χ1v) is 7.92. The van der Waals surface area contributed by atoms with Gasteiger partial charge in [-0.05, 0) is 30.5 Å². The van der Waals surface area contributed by atoms with E-state index in [0.29, 0.717) is 5.92 Å². The van der Waals surface area contributed by atoms with Gasteiger partial charge in [-0.25, -0.2) is 4.98 Å². The Morgan fingerprint density at radius 3 is 3.00 bits per heavy atom. The molecule has 1 fully saturated rings. The number of anilines is 1. The van der Waals surface area contributed by atoms with Crippen molar-refractivity contribution >= 4 is 26.7 Å². The van der Waals surface area contributed by atoms with Crippen molar-refractivity contribution in [2.75, 3.05) is 31.1 Å². The number of hydrogen-bond acceptors (Lipinski definition) is 4. The van der Waals surface area contributed by atoms with Gasteiger partial charge in [0.05, 0.1) is 10.2 Å². The molecule has 2 aromatic rings. The monoisotopic (exact) mass is 275 g/mol. The van der Waals surface area contributed by atoms with Crippen LogP contribution in [0.5, 0.6) is 0 Å². The summed E-state index contributed by atoms with van der Waals surface area (Å²) in [7, 11) is 0. The molecule has 0 atom stereocenters. The van der Waals surface area contributed by atoms with E-state index in [4.69, 9.17) is 4.98 Å². The Morgan fingerprint density at radius 1 is 1.26 bits per heavy atom. The molecule has 0 spiro atoms. The average molecular weight is 275 g/mol. The summed E-state index contributed by atoms with van der Waals surface area (Å²) in [5, 5.41) is 4.63. The van der Waals surface area contributed by atoms with E-state index in [1.807, 2.05) is 11.3 Å². The summed E-state index contributed by atoms with van der Waals surface area (Å²) in [6.45, 7) is 8.85. The normalized spacial score (nSPS) is 17.1. The maximum atomic E-state index is 4.92. The molecule has 1 N–H and O–H groups in total. The van der Waals surface area contributed by atoms with Crippen LogP contribution in [-0.4, -0.2) is 31.2 Å². The molecule has 1 aliphatic rings. The van der Waals surface area contributed by atoms with Crippen LogP contribution in [0.4, 0.5) is 5.13 Å². The van der Waals surface area contributed by atoms with Crippen LogP contribution in [-0.2, 0) is 0 Å². The molecule has 0 aliphatic carbocycles. The van der Waals surface area contributed by atoms with Gasteiger partial charge in [-0.15, -0.1) is 0 Å². The van der Waals surface area contributed by atoms with E-state index in [1.54, 1.807) is 0 Å². The minimum Gasteiger partial charge on any atom is -0.347 e. The van der Waals surface area contributed by atoms with Crippen LogP contribution in [0.1, 0.15) is 31.7 Å². The van der Waals surface area contributed by atoms with Crippen molar-refractivity contribution in [2.24, 2.45) is 0 Å². The van der Waals surface area contributed by atoms with Gasteiger partial charge in [-0.1, -0.05) is 37.3 Å². The lowest BCUT2D eigenvalue weighted by atomic mass is 10.0. The summed E-state index contributed by atoms with van der Waals surface area (Å²) < 4.78 is 1.32. The molecule has 2 heterocycles. The molecular weight excluding hydrogens is 254 g/mol. The third-order valence-electron chi connectivity index (χ3n) is 3.67. The Bertz CT molecular complexity index is 554. The molecule has 19 heavy (non-hydrogen) atoms. The topological polar surface area (TPSA) is 28.2 Å². The number of thiazole rings is 1. The fourth-order valence-corrected chi connectivity index (χ4v) is 3.65. The third kappa shape index (κ3) is 2.60. The summed E-state index contributed by atoms with van der Waals surface area (Å²) in [4.78, 5) is 7.34. The Balaban J connectivity index is 1.98. The molecule has 0 radical (unpaired) electrons. The summed E-state index contributed by atoms with van der Waals surface area (Å²) in [6, 6.07) is 6.56. The van der Waals surface area contributed by atoms with Gasteiger partial charge < -0.3 is 10.2 Å². The molecule has 1 aromatic carbocycles. The number of nitrogens with one attached hydrogen (secondary N) is 1. The van der Waals surface area contributed by atoms with Crippen molar-refractivity contribution < 1.29 is 0 Å². The van der Waals surface area contributed by atoms with E-state index in [2.05, 4.69) is 42.3 Å². The third-order valence-corrected chi connectivity index (χ3v) is 4.75. The molecule has 102 valence electrons. The van der Waals surface area contributed by atoms with Crippen molar-refractivity contribution in [1.29, 1.82) is 0 Å². The van der Waals surface area contributed by atoms with Gasteiger partial charge in [0.25, 0.3) is 0 Å². The lowest BCUT2D eigenvalue weighted by Crippen LogP contribution is -2.27. The second kappa shape index (κ2) is 5.47. The number of fused-ring (bicyclic) bond motifs is 1. The predicted molar refractivity (Wildman–Crippen MR) is 83.4 cm³/mol. The molecule has 0 saturated carbocycles. The van der Waals surface area contributed by atoms with E-state index >= 15 is 0 Å². The fraction of sp³-hybridized carbons (Fsp3) is 0.533. The van der Waals surface area contributed by atoms with Crippen LogP contribution in [0.15, 0.2) is 18.2 Å². The van der Waals surface area contributed by atoms with E-state index in [0.717, 1.165) is 26.2 Å². The first kappa shape index (κ1) is 12.9. The van der Waals surface area contributed by atoms with Crippen LogP contribution >= 0.6 is 11.3 Å². The van der Waals surface area contributed by atoms with Crippen LogP contribution in [0.2, 0.25) is 0 Å². The molecule has 0 bridgehead atoms. The summed E-state index contributed by atoms with van der Waals surface area (Å²) >= 11 is 1.83. The summed E-state index contributed by atoms with van der Waals surface area (Å²) in [5.41, 5.74) is 2.57. The zero-order valence-electron chi connectivity index (χ0n) is 11.6. The SMILES string of the molecule is CC(C)c1cccc2sc(N3CCCNCC3)nc12. The summed E-state index contributed by atoms with van der Waals surface area (Å²) in [6.07, 6.45) is 1.20. The Labute approximate surface area is 118 Å². The molecule has 3 nitrogen and oxygen atoms in total. The second-order valence-corrected chi connectivity index (χ2v) is 6.44. The smallest absolute Gasteiger partial charge is 0.186 e. The second-order valence-electron chi connectivity index (χ2n) is 5.44. The number of aromatic nitrogens is 1. The zero-order valence-corrected chi connectivity index (χ0v) is 12.5. The number of benzene rings is 1. The van der Waals surface area contributed by atoms with E-state index in [-0.39, 0.29) is 0 Å². The number of para-hydroxylation sites is 1. The lowest BCUT2D eigenvalue weighted by Gasteiger charge is -2.18. The number of nitrogens with zero attached hydrogens (tertiary/aromatic N) is 2. The van der Waals surface area contributed by atoms with Gasteiger partial charge in [-0.3, -0.25) is 0 Å². The van der Waals surface area contributed by atoms with Gasteiger partial charge in [0.1, 0.15) is 0 Å². The zero-order chi connectivity index (χ0) is 13.2. The minimum absolute atomic E-state index is 0.532. The molecule has 1 saturated heterocycles. The van der Waals surface area contributed by atoms with Crippen LogP contribution in [0, 0.1) is 0 Å². The van der Waals surface area contributed by atoms with Crippen LogP contribution in [0.25, 0.3) is 10.2 Å². The maximum absolute atomic E-state index is 4.92. The van der Waals surface area contributed by atoms with Crippen molar-refractivity contribution in [1.82, 2.24) is 10.3 Å². The highest BCUT2D eigenvalue weighted by atomic mass is 32.1. The van der Waals surface area contributed by atoms with Gasteiger partial charge in [0, 0.05) is 19.6 Å². The quantitative estimate of drug-likeness (QED) is 0.912. The van der Waals surface area contributed by atoms with E-state index < -0.39 is 0 Å². The first-order valence-electron chi connectivity index (χ1n) is 7.11. The predicted octanol–water partition coefficient (Wildman–Crippen LogP) is 3.22. The van der Waals surface area contributed by atoms with E-state index in [9.17, 15) is 0 Å². The molecule has 4 heteroatoms. The minimum atomic E-state index is 0.532. The van der Waals surface area contributed by atoms with Crippen molar-refractivity contribution in [3.63, 3.8) is 0 Å². The Morgan fingerprint density at radius 2 is 2.16 bits per heavy atom. The molecule has 0 amide bonds. The average Bonchev–Trinajstić information content (AvgIpc) is 2.65. The molecule has 1 aromatic heterocycles. The van der Waals surface area contributed by atoms with Gasteiger partial charge in [0.15, 0.2) is 5.13 Å². The number of hydrogen-bond donors (Lipinski definition) is 1. The lowest BCUT2D eigenvalue weighted by molar-refractivity contribution is 0.724. The number of rotatable bonds is 2. The Hall–Kier alpha value is -1.13. The Kier molecular flexibility index (Phi) is 3.71. The van der Waals surface area contributed by atoms with Gasteiger partial charge >= 0.3 is 0 Å². The largest absolute Gasteiger partial charge is 0.347 e. The summed E-state index contributed by atoms with van der Waals surface area (Å²) in [5.74, 6) is 0.532. The molecule has 0 unspecified atom stereocenters. The standard InChI is InChI=1S/C15H21N3S/c1-11(2)12-5-3-6-13-14(12)17-15(19-13)18-9-4-7-16-8-10-18/h3,5-6,11,16H,4,7-10H2,1-2H3. The maximum Gasteiger partial charge on any atom is 0.186 e. The van der Waals surface area contributed by atoms with Gasteiger partial charge in [-0.2, -0.15) is 0 Å². The molecular formula is C15H21N3S. The van der Waals surface area contributed by atoms with Crippen molar-refractivity contribution in [2.45, 2.75) is 26.2 Å². The van der Waals surface area contributed by atoms with Crippen LogP contribution in [0.3, 0.4) is 0 Å². The fourth-order valence-electron chi connectivity index (χ4n) is 2.60. The van der Waals surface area contributed by atoms with Crippen molar-refractivity contribution in [3.8, 4) is 0 Å². The highest BCUT2D eigenvalue weighted by molar-refractivity contribution is 7.22. The first-order chi connectivity index (χ1) is 9.25. The highest BCUT2D eigenvalue weighted by Gasteiger charge is 2.16. The van der Waals surface area contributed by atoms with Crippen LogP contribution < -0.4 is 10.2 Å².